The van der Waals surface area contributed by atoms with Crippen LogP contribution in [0.1, 0.15) is 34.1 Å². The molecule has 1 atom stereocenters. The number of halogens is 1. The Morgan fingerprint density at radius 2 is 2.21 bits per heavy atom. The highest BCUT2D eigenvalue weighted by Crippen LogP contribution is 2.34. The van der Waals surface area contributed by atoms with Crippen LogP contribution in [0.5, 0.6) is 0 Å². The minimum atomic E-state index is -0.568. The predicted octanol–water partition coefficient (Wildman–Crippen LogP) is 1.64. The summed E-state index contributed by atoms with van der Waals surface area (Å²) in [4.78, 5) is 33.2. The molecule has 0 saturated carbocycles. The zero-order valence-electron chi connectivity index (χ0n) is 15.4. The van der Waals surface area contributed by atoms with E-state index in [1.807, 2.05) is 0 Å². The van der Waals surface area contributed by atoms with E-state index < -0.39 is 5.95 Å². The number of carbonyl (C=O) groups is 1. The summed E-state index contributed by atoms with van der Waals surface area (Å²) in [5, 5.41) is 8.58. The number of hydrogen-bond acceptors (Lipinski definition) is 5. The molecule has 5 heterocycles. The van der Waals surface area contributed by atoms with Gasteiger partial charge in [0.1, 0.15) is 5.52 Å². The van der Waals surface area contributed by atoms with E-state index in [0.717, 1.165) is 6.42 Å². The molecule has 1 amide bonds. The van der Waals surface area contributed by atoms with E-state index in [1.165, 1.54) is 27.7 Å². The SMILES string of the molecule is Cc1c(C(=O)N2CCC2c2ccnc(F)c2)cnn1-c1nn2cccc2c(=O)[nH]1. The topological polar surface area (TPSA) is 101 Å². The highest BCUT2D eigenvalue weighted by atomic mass is 19.1. The number of nitrogens with one attached hydrogen (secondary N) is 1. The molecule has 0 radical (unpaired) electrons. The van der Waals surface area contributed by atoms with Gasteiger partial charge in [-0.05, 0) is 43.2 Å². The van der Waals surface area contributed by atoms with E-state index in [0.29, 0.717) is 28.9 Å². The quantitative estimate of drug-likeness (QED) is 0.533. The molecule has 9 nitrogen and oxygen atoms in total. The molecule has 0 aliphatic carbocycles. The first-order valence-corrected chi connectivity index (χ1v) is 9.08. The molecule has 1 unspecified atom stereocenters. The number of aromatic nitrogens is 6. The van der Waals surface area contributed by atoms with E-state index in [4.69, 9.17) is 0 Å². The van der Waals surface area contributed by atoms with Crippen molar-refractivity contribution in [2.24, 2.45) is 0 Å². The molecule has 10 heteroatoms. The van der Waals surface area contributed by atoms with Crippen molar-refractivity contribution < 1.29 is 9.18 Å². The highest BCUT2D eigenvalue weighted by molar-refractivity contribution is 5.96. The summed E-state index contributed by atoms with van der Waals surface area (Å²) in [5.41, 5.74) is 1.79. The monoisotopic (exact) mass is 393 g/mol. The van der Waals surface area contributed by atoms with E-state index in [2.05, 4.69) is 20.2 Å². The fourth-order valence-corrected chi connectivity index (χ4v) is 3.62. The summed E-state index contributed by atoms with van der Waals surface area (Å²) in [6.45, 7) is 2.31. The van der Waals surface area contributed by atoms with Crippen molar-refractivity contribution in [1.82, 2.24) is 34.3 Å². The third-order valence-electron chi connectivity index (χ3n) is 5.25. The molecule has 4 aromatic rings. The van der Waals surface area contributed by atoms with Crippen molar-refractivity contribution in [2.75, 3.05) is 6.54 Å². The highest BCUT2D eigenvalue weighted by Gasteiger charge is 2.35. The maximum atomic E-state index is 13.4. The number of amides is 1. The largest absolute Gasteiger partial charge is 0.331 e. The molecule has 5 rings (SSSR count). The molecule has 1 aliphatic rings. The van der Waals surface area contributed by atoms with Crippen LogP contribution >= 0.6 is 0 Å². The Bertz CT molecular complexity index is 1310. The van der Waals surface area contributed by atoms with Gasteiger partial charge in [-0.2, -0.15) is 9.49 Å². The standard InChI is InChI=1S/C19H16FN7O2/c1-11-13(18(29)25-8-5-14(25)12-4-6-21-16(20)9-12)10-22-27(11)19-23-17(28)15-3-2-7-26(15)24-19/h2-4,6-7,9-10,14H,5,8H2,1H3,(H,23,24,28). The van der Waals surface area contributed by atoms with Crippen LogP contribution in [0.25, 0.3) is 11.5 Å². The number of carbonyl (C=O) groups excluding carboxylic acids is 1. The Balaban J connectivity index is 1.47. The van der Waals surface area contributed by atoms with E-state index in [-0.39, 0.29) is 23.5 Å². The van der Waals surface area contributed by atoms with Gasteiger partial charge in [-0.25, -0.2) is 14.2 Å². The molecule has 1 aliphatic heterocycles. The lowest BCUT2D eigenvalue weighted by Gasteiger charge is -2.41. The van der Waals surface area contributed by atoms with Gasteiger partial charge >= 0.3 is 0 Å². The first kappa shape index (κ1) is 17.3. The molecule has 0 spiro atoms. The Labute approximate surface area is 163 Å². The lowest BCUT2D eigenvalue weighted by atomic mass is 9.94. The van der Waals surface area contributed by atoms with Crippen molar-refractivity contribution in [3.63, 3.8) is 0 Å². The van der Waals surface area contributed by atoms with Gasteiger partial charge in [0.25, 0.3) is 11.5 Å². The van der Waals surface area contributed by atoms with Crippen LogP contribution in [0, 0.1) is 12.9 Å². The minimum Gasteiger partial charge on any atom is -0.331 e. The van der Waals surface area contributed by atoms with Crippen LogP contribution in [-0.4, -0.2) is 46.7 Å². The van der Waals surface area contributed by atoms with E-state index in [1.54, 1.807) is 36.2 Å². The number of likely N-dealkylation sites (tertiary alicyclic amines) is 1. The molecule has 29 heavy (non-hydrogen) atoms. The maximum Gasteiger partial charge on any atom is 0.276 e. The first-order chi connectivity index (χ1) is 14.0. The fourth-order valence-electron chi connectivity index (χ4n) is 3.62. The van der Waals surface area contributed by atoms with Crippen molar-refractivity contribution in [1.29, 1.82) is 0 Å². The Kier molecular flexibility index (Phi) is 3.79. The average molecular weight is 393 g/mol. The molecule has 0 bridgehead atoms. The van der Waals surface area contributed by atoms with Crippen molar-refractivity contribution >= 4 is 11.4 Å². The lowest BCUT2D eigenvalue weighted by molar-refractivity contribution is 0.0458. The molecule has 1 saturated heterocycles. The van der Waals surface area contributed by atoms with Gasteiger partial charge in [-0.15, -0.1) is 5.10 Å². The van der Waals surface area contributed by atoms with Crippen LogP contribution < -0.4 is 5.56 Å². The molecular formula is C19H16FN7O2. The Hall–Kier alpha value is -3.82. The maximum absolute atomic E-state index is 13.4. The van der Waals surface area contributed by atoms with Gasteiger partial charge in [-0.3, -0.25) is 14.6 Å². The van der Waals surface area contributed by atoms with Gasteiger partial charge in [-0.1, -0.05) is 0 Å². The van der Waals surface area contributed by atoms with Crippen molar-refractivity contribution in [3.8, 4) is 5.95 Å². The molecule has 1 fully saturated rings. The predicted molar refractivity (Wildman–Crippen MR) is 100 cm³/mol. The zero-order chi connectivity index (χ0) is 20.1. The van der Waals surface area contributed by atoms with Gasteiger partial charge in [0.15, 0.2) is 0 Å². The van der Waals surface area contributed by atoms with E-state index in [9.17, 15) is 14.0 Å². The number of aromatic amines is 1. The smallest absolute Gasteiger partial charge is 0.276 e. The summed E-state index contributed by atoms with van der Waals surface area (Å²) in [6, 6.07) is 6.24. The number of H-pyrrole nitrogens is 1. The summed E-state index contributed by atoms with van der Waals surface area (Å²) in [7, 11) is 0. The summed E-state index contributed by atoms with van der Waals surface area (Å²) in [6.07, 6.45) is 5.27. The lowest BCUT2D eigenvalue weighted by Crippen LogP contribution is -2.45. The van der Waals surface area contributed by atoms with Crippen LogP contribution in [0.15, 0.2) is 47.7 Å². The summed E-state index contributed by atoms with van der Waals surface area (Å²) >= 11 is 0. The molecular weight excluding hydrogens is 377 g/mol. The van der Waals surface area contributed by atoms with E-state index >= 15 is 0 Å². The first-order valence-electron chi connectivity index (χ1n) is 9.08. The van der Waals surface area contributed by atoms with Gasteiger partial charge in [0.2, 0.25) is 11.9 Å². The van der Waals surface area contributed by atoms with Crippen molar-refractivity contribution in [2.45, 2.75) is 19.4 Å². The number of fused-ring (bicyclic) bond motifs is 1. The molecule has 146 valence electrons. The second-order valence-corrected chi connectivity index (χ2v) is 6.89. The van der Waals surface area contributed by atoms with Crippen LogP contribution in [-0.2, 0) is 0 Å². The molecule has 1 N–H and O–H groups in total. The Morgan fingerprint density at radius 3 is 2.97 bits per heavy atom. The van der Waals surface area contributed by atoms with Crippen molar-refractivity contribution in [3.05, 3.63) is 76.0 Å². The van der Waals surface area contributed by atoms with Crippen LogP contribution in [0.2, 0.25) is 0 Å². The minimum absolute atomic E-state index is 0.197. The third kappa shape index (κ3) is 2.72. The fraction of sp³-hybridized carbons (Fsp3) is 0.211. The molecule has 4 aromatic heterocycles. The van der Waals surface area contributed by atoms with Crippen LogP contribution in [0.4, 0.5) is 4.39 Å². The number of rotatable bonds is 3. The van der Waals surface area contributed by atoms with Gasteiger partial charge in [0.05, 0.1) is 23.5 Å². The number of hydrogen-bond donors (Lipinski definition) is 1. The van der Waals surface area contributed by atoms with Gasteiger partial charge < -0.3 is 4.90 Å². The summed E-state index contributed by atoms with van der Waals surface area (Å²) < 4.78 is 16.3. The average Bonchev–Trinajstić information content (AvgIpc) is 3.27. The normalized spacial score (nSPS) is 16.2. The second-order valence-electron chi connectivity index (χ2n) is 6.89. The third-order valence-corrected chi connectivity index (χ3v) is 5.25. The van der Waals surface area contributed by atoms with Crippen LogP contribution in [0.3, 0.4) is 0 Å². The number of nitrogens with zero attached hydrogens (tertiary/aromatic N) is 6. The van der Waals surface area contributed by atoms with Gasteiger partial charge in [0, 0.05) is 18.9 Å². The zero-order valence-corrected chi connectivity index (χ0v) is 15.4. The Morgan fingerprint density at radius 1 is 1.34 bits per heavy atom. The number of pyridine rings is 1. The summed E-state index contributed by atoms with van der Waals surface area (Å²) in [5.74, 6) is -0.556. The second kappa shape index (κ2) is 6.36. The molecule has 0 aromatic carbocycles.